The van der Waals surface area contributed by atoms with E-state index in [2.05, 4.69) is 0 Å². The first-order valence-corrected chi connectivity index (χ1v) is 8.79. The van der Waals surface area contributed by atoms with E-state index in [0.717, 1.165) is 0 Å². The summed E-state index contributed by atoms with van der Waals surface area (Å²) in [7, 11) is 0. The molecule has 0 bridgehead atoms. The SMILES string of the molecule is CC(C)Cn1c(CN)c(-c2ccccc2F)c2cc(C(N)=O)ccc2c1=O. The van der Waals surface area contributed by atoms with Crippen LogP contribution in [0.25, 0.3) is 21.9 Å². The quantitative estimate of drug-likeness (QED) is 0.726. The van der Waals surface area contributed by atoms with Gasteiger partial charge >= 0.3 is 0 Å². The Morgan fingerprint density at radius 1 is 1.15 bits per heavy atom. The maximum atomic E-state index is 14.7. The third-order valence-electron chi connectivity index (χ3n) is 4.55. The number of nitrogens with zero attached hydrogens (tertiary/aromatic N) is 1. The van der Waals surface area contributed by atoms with Crippen molar-refractivity contribution < 1.29 is 9.18 Å². The largest absolute Gasteiger partial charge is 0.366 e. The molecule has 3 aromatic rings. The zero-order chi connectivity index (χ0) is 19.7. The molecule has 140 valence electrons. The van der Waals surface area contributed by atoms with Crippen LogP contribution in [0.15, 0.2) is 47.3 Å². The van der Waals surface area contributed by atoms with E-state index in [0.29, 0.717) is 34.1 Å². The highest BCUT2D eigenvalue weighted by atomic mass is 19.1. The Kier molecular flexibility index (Phi) is 5.10. The van der Waals surface area contributed by atoms with E-state index < -0.39 is 11.7 Å². The van der Waals surface area contributed by atoms with Gasteiger partial charge in [0.25, 0.3) is 5.56 Å². The van der Waals surface area contributed by atoms with Gasteiger partial charge in [-0.15, -0.1) is 0 Å². The van der Waals surface area contributed by atoms with E-state index in [1.165, 1.54) is 12.1 Å². The smallest absolute Gasteiger partial charge is 0.258 e. The van der Waals surface area contributed by atoms with Crippen molar-refractivity contribution in [3.05, 3.63) is 69.9 Å². The molecule has 0 spiro atoms. The van der Waals surface area contributed by atoms with Gasteiger partial charge in [-0.3, -0.25) is 9.59 Å². The molecule has 0 aliphatic rings. The van der Waals surface area contributed by atoms with Crippen LogP contribution in [0.2, 0.25) is 0 Å². The van der Waals surface area contributed by atoms with Gasteiger partial charge < -0.3 is 16.0 Å². The van der Waals surface area contributed by atoms with Crippen molar-refractivity contribution in [2.45, 2.75) is 26.9 Å². The summed E-state index contributed by atoms with van der Waals surface area (Å²) in [6.07, 6.45) is 0. The highest BCUT2D eigenvalue weighted by Gasteiger charge is 2.20. The predicted molar refractivity (Wildman–Crippen MR) is 105 cm³/mol. The van der Waals surface area contributed by atoms with Gasteiger partial charge in [-0.05, 0) is 35.6 Å². The highest BCUT2D eigenvalue weighted by Crippen LogP contribution is 2.33. The van der Waals surface area contributed by atoms with E-state index in [-0.39, 0.29) is 23.6 Å². The van der Waals surface area contributed by atoms with Crippen LogP contribution >= 0.6 is 0 Å². The summed E-state index contributed by atoms with van der Waals surface area (Å²) in [5.41, 5.74) is 12.8. The van der Waals surface area contributed by atoms with Crippen LogP contribution in [0, 0.1) is 11.7 Å². The fraction of sp³-hybridized carbons (Fsp3) is 0.238. The number of nitrogens with two attached hydrogens (primary N) is 2. The summed E-state index contributed by atoms with van der Waals surface area (Å²) in [6, 6.07) is 10.9. The Morgan fingerprint density at radius 3 is 2.44 bits per heavy atom. The molecule has 6 heteroatoms. The summed E-state index contributed by atoms with van der Waals surface area (Å²) < 4.78 is 16.3. The van der Waals surface area contributed by atoms with Gasteiger partial charge in [0, 0.05) is 40.9 Å². The molecule has 0 saturated heterocycles. The molecule has 0 aliphatic heterocycles. The molecule has 5 nitrogen and oxygen atoms in total. The Morgan fingerprint density at radius 2 is 1.85 bits per heavy atom. The number of hydrogen-bond acceptors (Lipinski definition) is 3. The standard InChI is InChI=1S/C21H22FN3O2/c1-12(2)11-25-18(10-23)19(15-5-3-4-6-17(15)22)16-9-13(20(24)26)7-8-14(16)21(25)27/h3-9,12H,10-11,23H2,1-2H3,(H2,24,26). The average Bonchev–Trinajstić information content (AvgIpc) is 2.63. The van der Waals surface area contributed by atoms with Gasteiger partial charge in [-0.25, -0.2) is 4.39 Å². The summed E-state index contributed by atoms with van der Waals surface area (Å²) in [6.45, 7) is 4.51. The first-order valence-electron chi connectivity index (χ1n) is 8.79. The molecule has 0 aliphatic carbocycles. The van der Waals surface area contributed by atoms with Crippen LogP contribution in [0.5, 0.6) is 0 Å². The monoisotopic (exact) mass is 367 g/mol. The molecule has 0 atom stereocenters. The van der Waals surface area contributed by atoms with Crippen LogP contribution < -0.4 is 17.0 Å². The van der Waals surface area contributed by atoms with Gasteiger partial charge in [0.1, 0.15) is 5.82 Å². The molecule has 1 amide bonds. The van der Waals surface area contributed by atoms with Gasteiger partial charge in [0.15, 0.2) is 0 Å². The lowest BCUT2D eigenvalue weighted by Crippen LogP contribution is -2.28. The maximum Gasteiger partial charge on any atom is 0.258 e. The topological polar surface area (TPSA) is 91.1 Å². The predicted octanol–water partition coefficient (Wildman–Crippen LogP) is 3.02. The minimum Gasteiger partial charge on any atom is -0.366 e. The lowest BCUT2D eigenvalue weighted by atomic mass is 9.94. The van der Waals surface area contributed by atoms with Crippen LogP contribution in [-0.4, -0.2) is 10.5 Å². The summed E-state index contributed by atoms with van der Waals surface area (Å²) in [5, 5.41) is 0.873. The number of carbonyl (C=O) groups is 1. The van der Waals surface area contributed by atoms with Crippen molar-refractivity contribution >= 4 is 16.7 Å². The third kappa shape index (κ3) is 3.36. The van der Waals surface area contributed by atoms with Crippen molar-refractivity contribution in [2.24, 2.45) is 17.4 Å². The Labute approximate surface area is 156 Å². The number of amides is 1. The fourth-order valence-electron chi connectivity index (χ4n) is 3.38. The molecule has 1 heterocycles. The number of pyridine rings is 1. The number of halogens is 1. The molecule has 0 radical (unpaired) electrons. The van der Waals surface area contributed by atoms with Crippen LogP contribution in [0.3, 0.4) is 0 Å². The van der Waals surface area contributed by atoms with E-state index >= 15 is 0 Å². The lowest BCUT2D eigenvalue weighted by molar-refractivity contribution is 0.100. The number of primary amides is 1. The number of rotatable bonds is 5. The minimum absolute atomic E-state index is 0.0579. The molecular formula is C21H22FN3O2. The first kappa shape index (κ1) is 18.8. The summed E-state index contributed by atoms with van der Waals surface area (Å²) in [4.78, 5) is 24.7. The van der Waals surface area contributed by atoms with Crippen molar-refractivity contribution in [2.75, 3.05) is 0 Å². The van der Waals surface area contributed by atoms with Gasteiger partial charge in [0.05, 0.1) is 0 Å². The zero-order valence-electron chi connectivity index (χ0n) is 15.3. The molecule has 4 N–H and O–H groups in total. The molecule has 0 unspecified atom stereocenters. The minimum atomic E-state index is -0.614. The molecule has 0 fully saturated rings. The van der Waals surface area contributed by atoms with E-state index in [1.807, 2.05) is 13.8 Å². The number of carbonyl (C=O) groups excluding carboxylic acids is 1. The van der Waals surface area contributed by atoms with E-state index in [4.69, 9.17) is 11.5 Å². The van der Waals surface area contributed by atoms with Gasteiger partial charge in [-0.2, -0.15) is 0 Å². The molecule has 0 saturated carbocycles. The second kappa shape index (κ2) is 7.32. The molecule has 1 aromatic heterocycles. The molecule has 2 aromatic carbocycles. The first-order chi connectivity index (χ1) is 12.8. The molecule has 27 heavy (non-hydrogen) atoms. The highest BCUT2D eigenvalue weighted by molar-refractivity contribution is 6.03. The van der Waals surface area contributed by atoms with Crippen LogP contribution in [0.1, 0.15) is 29.9 Å². The normalized spacial score (nSPS) is 11.3. The van der Waals surface area contributed by atoms with Crippen molar-refractivity contribution in [3.63, 3.8) is 0 Å². The maximum absolute atomic E-state index is 14.7. The van der Waals surface area contributed by atoms with Crippen molar-refractivity contribution in [3.8, 4) is 11.1 Å². The average molecular weight is 367 g/mol. The number of fused-ring (bicyclic) bond motifs is 1. The van der Waals surface area contributed by atoms with Crippen LogP contribution in [0.4, 0.5) is 4.39 Å². The lowest BCUT2D eigenvalue weighted by Gasteiger charge is -2.21. The van der Waals surface area contributed by atoms with E-state index in [9.17, 15) is 14.0 Å². The zero-order valence-corrected chi connectivity index (χ0v) is 15.3. The van der Waals surface area contributed by atoms with Crippen molar-refractivity contribution in [1.29, 1.82) is 0 Å². The summed E-state index contributed by atoms with van der Waals surface area (Å²) >= 11 is 0. The van der Waals surface area contributed by atoms with Gasteiger partial charge in [0.2, 0.25) is 5.91 Å². The molecular weight excluding hydrogens is 345 g/mol. The summed E-state index contributed by atoms with van der Waals surface area (Å²) in [5.74, 6) is -0.839. The Hall–Kier alpha value is -2.99. The second-order valence-corrected chi connectivity index (χ2v) is 6.94. The second-order valence-electron chi connectivity index (χ2n) is 6.94. The van der Waals surface area contributed by atoms with Crippen LogP contribution in [-0.2, 0) is 13.1 Å². The Bertz CT molecular complexity index is 1090. The molecule has 3 rings (SSSR count). The fourth-order valence-corrected chi connectivity index (χ4v) is 3.38. The number of benzene rings is 2. The number of aromatic nitrogens is 1. The van der Waals surface area contributed by atoms with Crippen molar-refractivity contribution in [1.82, 2.24) is 4.57 Å². The Balaban J connectivity index is 2.53. The number of hydrogen-bond donors (Lipinski definition) is 2. The van der Waals surface area contributed by atoms with E-state index in [1.54, 1.807) is 34.9 Å². The third-order valence-corrected chi connectivity index (χ3v) is 4.55. The van der Waals surface area contributed by atoms with Gasteiger partial charge in [-0.1, -0.05) is 32.0 Å².